The van der Waals surface area contributed by atoms with Gasteiger partial charge in [0.2, 0.25) is 0 Å². The zero-order valence-corrected chi connectivity index (χ0v) is 13.4. The highest BCUT2D eigenvalue weighted by Crippen LogP contribution is 2.31. The van der Waals surface area contributed by atoms with Crippen molar-refractivity contribution in [2.24, 2.45) is 0 Å². The summed E-state index contributed by atoms with van der Waals surface area (Å²) in [4.78, 5) is 8.34. The second kappa shape index (κ2) is 6.86. The molecule has 24 heavy (non-hydrogen) atoms. The first-order valence-corrected chi connectivity index (χ1v) is 7.47. The maximum absolute atomic E-state index is 6.16. The van der Waals surface area contributed by atoms with Crippen LogP contribution >= 0.6 is 0 Å². The van der Waals surface area contributed by atoms with Crippen molar-refractivity contribution in [3.05, 3.63) is 42.4 Å². The van der Waals surface area contributed by atoms with Gasteiger partial charge >= 0.3 is 0 Å². The fourth-order valence-corrected chi connectivity index (χ4v) is 2.12. The molecule has 8 heteroatoms. The van der Waals surface area contributed by atoms with Crippen LogP contribution in [0.5, 0.6) is 5.75 Å². The molecule has 0 bridgehead atoms. The highest BCUT2D eigenvalue weighted by atomic mass is 16.5. The number of nitrogen functional groups attached to an aromatic ring is 1. The van der Waals surface area contributed by atoms with Crippen LogP contribution in [-0.4, -0.2) is 21.7 Å². The lowest BCUT2D eigenvalue weighted by molar-refractivity contribution is 0.342. The third kappa shape index (κ3) is 3.37. The van der Waals surface area contributed by atoms with E-state index in [-0.39, 0.29) is 0 Å². The minimum Gasteiger partial charge on any atom is -0.492 e. The van der Waals surface area contributed by atoms with Gasteiger partial charge in [0, 0.05) is 6.07 Å². The van der Waals surface area contributed by atoms with E-state index >= 15 is 0 Å². The largest absolute Gasteiger partial charge is 0.492 e. The molecule has 8 nitrogen and oxygen atoms in total. The lowest BCUT2D eigenvalue weighted by Gasteiger charge is -2.14. The molecular weight excluding hydrogens is 308 g/mol. The Balaban J connectivity index is 1.86. The van der Waals surface area contributed by atoms with E-state index in [4.69, 9.17) is 15.0 Å². The molecule has 4 N–H and O–H groups in total. The SMILES string of the molecule is CCOc1ccccc1Nc1ncnc(Nc2cc(C)on2)c1N. The Kier molecular flexibility index (Phi) is 4.46. The average molecular weight is 326 g/mol. The molecule has 0 fully saturated rings. The lowest BCUT2D eigenvalue weighted by Crippen LogP contribution is -2.06. The number of nitrogens with two attached hydrogens (primary N) is 1. The van der Waals surface area contributed by atoms with Crippen molar-refractivity contribution in [3.8, 4) is 5.75 Å². The van der Waals surface area contributed by atoms with Crippen molar-refractivity contribution < 1.29 is 9.26 Å². The van der Waals surface area contributed by atoms with Crippen LogP contribution in [0.3, 0.4) is 0 Å². The number of anilines is 5. The average Bonchev–Trinajstić information content (AvgIpc) is 2.98. The van der Waals surface area contributed by atoms with Crippen molar-refractivity contribution in [1.29, 1.82) is 0 Å². The minimum absolute atomic E-state index is 0.365. The molecule has 0 atom stereocenters. The fraction of sp³-hybridized carbons (Fsp3) is 0.188. The Hall–Kier alpha value is -3.29. The van der Waals surface area contributed by atoms with E-state index in [0.29, 0.717) is 35.5 Å². The van der Waals surface area contributed by atoms with Gasteiger partial charge in [-0.05, 0) is 26.0 Å². The Morgan fingerprint density at radius 3 is 2.62 bits per heavy atom. The van der Waals surface area contributed by atoms with Gasteiger partial charge in [0.15, 0.2) is 17.5 Å². The fourth-order valence-electron chi connectivity index (χ4n) is 2.12. The van der Waals surface area contributed by atoms with Crippen LogP contribution < -0.4 is 21.1 Å². The molecule has 2 heterocycles. The van der Waals surface area contributed by atoms with Gasteiger partial charge < -0.3 is 25.6 Å². The summed E-state index contributed by atoms with van der Waals surface area (Å²) in [5.74, 6) is 2.85. The molecule has 1 aromatic carbocycles. The van der Waals surface area contributed by atoms with Gasteiger partial charge in [0.05, 0.1) is 12.3 Å². The number of hydrogen-bond acceptors (Lipinski definition) is 8. The first-order chi connectivity index (χ1) is 11.7. The van der Waals surface area contributed by atoms with E-state index in [1.165, 1.54) is 6.33 Å². The summed E-state index contributed by atoms with van der Waals surface area (Å²) in [5, 5.41) is 10.0. The zero-order valence-electron chi connectivity index (χ0n) is 13.4. The first-order valence-electron chi connectivity index (χ1n) is 7.47. The first kappa shape index (κ1) is 15.6. The second-order valence-electron chi connectivity index (χ2n) is 4.99. The van der Waals surface area contributed by atoms with Crippen LogP contribution in [0.2, 0.25) is 0 Å². The zero-order chi connectivity index (χ0) is 16.9. The van der Waals surface area contributed by atoms with Gasteiger partial charge in [-0.25, -0.2) is 9.97 Å². The standard InChI is InChI=1S/C16H18N6O2/c1-3-23-12-7-5-4-6-11(12)20-15-14(17)16(19-9-18-15)21-13-8-10(2)24-22-13/h4-9H,3,17H2,1-2H3,(H2,18,19,20,21,22). The van der Waals surface area contributed by atoms with E-state index in [2.05, 4.69) is 25.8 Å². The smallest absolute Gasteiger partial charge is 0.175 e. The molecule has 0 aliphatic carbocycles. The van der Waals surface area contributed by atoms with Crippen molar-refractivity contribution >= 4 is 28.8 Å². The van der Waals surface area contributed by atoms with E-state index in [0.717, 1.165) is 11.4 Å². The van der Waals surface area contributed by atoms with Crippen LogP contribution in [0.1, 0.15) is 12.7 Å². The number of nitrogens with one attached hydrogen (secondary N) is 2. The van der Waals surface area contributed by atoms with Crippen molar-refractivity contribution in [3.63, 3.8) is 0 Å². The van der Waals surface area contributed by atoms with Gasteiger partial charge in [-0.2, -0.15) is 0 Å². The van der Waals surface area contributed by atoms with Gasteiger partial charge in [-0.15, -0.1) is 0 Å². The van der Waals surface area contributed by atoms with Crippen molar-refractivity contribution in [1.82, 2.24) is 15.1 Å². The summed E-state index contributed by atoms with van der Waals surface area (Å²) in [6.45, 7) is 4.30. The third-order valence-electron chi connectivity index (χ3n) is 3.20. The van der Waals surface area contributed by atoms with E-state index in [1.807, 2.05) is 31.2 Å². The summed E-state index contributed by atoms with van der Waals surface area (Å²) in [6, 6.07) is 9.32. The van der Waals surface area contributed by atoms with Gasteiger partial charge in [-0.1, -0.05) is 17.3 Å². The molecule has 0 aliphatic rings. The van der Waals surface area contributed by atoms with Crippen LogP contribution in [0.25, 0.3) is 0 Å². The summed E-state index contributed by atoms with van der Waals surface area (Å²) in [7, 11) is 0. The van der Waals surface area contributed by atoms with Gasteiger partial charge in [-0.3, -0.25) is 0 Å². The van der Waals surface area contributed by atoms with Crippen molar-refractivity contribution in [2.75, 3.05) is 23.0 Å². The van der Waals surface area contributed by atoms with Crippen LogP contribution in [-0.2, 0) is 0 Å². The molecule has 2 aromatic heterocycles. The predicted molar refractivity (Wildman–Crippen MR) is 91.9 cm³/mol. The highest BCUT2D eigenvalue weighted by Gasteiger charge is 2.12. The predicted octanol–water partition coefficient (Wildman–Crippen LogP) is 3.24. The van der Waals surface area contributed by atoms with Crippen molar-refractivity contribution in [2.45, 2.75) is 13.8 Å². The Labute approximate surface area is 139 Å². The minimum atomic E-state index is 0.365. The normalized spacial score (nSPS) is 10.4. The number of aryl methyl sites for hydroxylation is 1. The van der Waals surface area contributed by atoms with Crippen LogP contribution in [0, 0.1) is 6.92 Å². The molecule has 3 rings (SSSR count). The highest BCUT2D eigenvalue weighted by molar-refractivity contribution is 5.80. The molecule has 0 saturated heterocycles. The molecule has 124 valence electrons. The molecule has 0 aliphatic heterocycles. The topological polar surface area (TPSA) is 111 Å². The number of aromatic nitrogens is 3. The van der Waals surface area contributed by atoms with Crippen LogP contribution in [0.4, 0.5) is 28.8 Å². The molecule has 0 unspecified atom stereocenters. The van der Waals surface area contributed by atoms with Crippen LogP contribution in [0.15, 0.2) is 41.2 Å². The maximum Gasteiger partial charge on any atom is 0.175 e. The lowest BCUT2D eigenvalue weighted by atomic mass is 10.3. The second-order valence-corrected chi connectivity index (χ2v) is 4.99. The third-order valence-corrected chi connectivity index (χ3v) is 3.20. The number of ether oxygens (including phenoxy) is 1. The van der Waals surface area contributed by atoms with Gasteiger partial charge in [0.25, 0.3) is 0 Å². The molecular formula is C16H18N6O2. The van der Waals surface area contributed by atoms with Gasteiger partial charge in [0.1, 0.15) is 23.5 Å². The quantitative estimate of drug-likeness (QED) is 0.633. The Morgan fingerprint density at radius 2 is 1.92 bits per heavy atom. The van der Waals surface area contributed by atoms with E-state index < -0.39 is 0 Å². The molecule has 0 amide bonds. The summed E-state index contributed by atoms with van der Waals surface area (Å²) < 4.78 is 10.6. The Morgan fingerprint density at radius 1 is 1.17 bits per heavy atom. The number of benzene rings is 1. The summed E-state index contributed by atoms with van der Waals surface area (Å²) in [6.07, 6.45) is 1.41. The number of para-hydroxylation sites is 2. The molecule has 3 aromatic rings. The number of hydrogen-bond donors (Lipinski definition) is 3. The Bertz CT molecular complexity index is 833. The number of rotatable bonds is 6. The summed E-state index contributed by atoms with van der Waals surface area (Å²) >= 11 is 0. The molecule has 0 radical (unpaired) electrons. The molecule has 0 spiro atoms. The maximum atomic E-state index is 6.16. The van der Waals surface area contributed by atoms with E-state index in [1.54, 1.807) is 13.0 Å². The van der Waals surface area contributed by atoms with E-state index in [9.17, 15) is 0 Å². The summed E-state index contributed by atoms with van der Waals surface area (Å²) in [5.41, 5.74) is 7.30. The monoisotopic (exact) mass is 326 g/mol. The molecule has 0 saturated carbocycles. The number of nitrogens with zero attached hydrogens (tertiary/aromatic N) is 3.